The molecule has 0 aliphatic carbocycles. The first-order valence-electron chi connectivity index (χ1n) is 17.9. The van der Waals surface area contributed by atoms with E-state index in [4.69, 9.17) is 9.47 Å². The molecule has 0 radical (unpaired) electrons. The minimum atomic E-state index is -0.544. The number of likely N-dealkylation sites (N-methyl/N-ethyl adjacent to an activating group) is 1. The van der Waals surface area contributed by atoms with E-state index in [2.05, 4.69) is 89.4 Å². The van der Waals surface area contributed by atoms with Gasteiger partial charge in [0.1, 0.15) is 12.8 Å². The molecule has 2 heterocycles. The number of carbonyl (C=O) groups is 2. The van der Waals surface area contributed by atoms with Crippen molar-refractivity contribution in [1.82, 2.24) is 25.1 Å². The van der Waals surface area contributed by atoms with Gasteiger partial charge in [-0.25, -0.2) is 9.59 Å². The summed E-state index contributed by atoms with van der Waals surface area (Å²) in [4.78, 5) is 52.5. The molecule has 11 heteroatoms. The van der Waals surface area contributed by atoms with Gasteiger partial charge in [-0.1, -0.05) is 86.8 Å². The third kappa shape index (κ3) is 18.5. The number of allylic oxidation sites excluding steroid dienone is 12. The van der Waals surface area contributed by atoms with Crippen LogP contribution in [0.25, 0.3) is 0 Å². The topological polar surface area (TPSA) is 135 Å². The molecule has 276 valence electrons. The smallest absolute Gasteiger partial charge is 0.407 e. The molecule has 3 N–H and O–H groups in total. The number of hydrogen-bond acceptors (Lipinski definition) is 7. The van der Waals surface area contributed by atoms with E-state index in [1.54, 1.807) is 6.92 Å². The molecule has 1 aromatic heterocycles. The predicted octanol–water partition coefficient (Wildman–Crippen LogP) is 6.02. The van der Waals surface area contributed by atoms with E-state index < -0.39 is 23.6 Å². The van der Waals surface area contributed by atoms with Crippen molar-refractivity contribution in [3.05, 3.63) is 106 Å². The van der Waals surface area contributed by atoms with Gasteiger partial charge >= 0.3 is 11.8 Å². The van der Waals surface area contributed by atoms with Gasteiger partial charge in [0, 0.05) is 44.4 Å². The lowest BCUT2D eigenvalue weighted by Crippen LogP contribution is -2.38. The van der Waals surface area contributed by atoms with Crippen molar-refractivity contribution >= 4 is 12.0 Å². The molecule has 0 aromatic carbocycles. The van der Waals surface area contributed by atoms with Crippen LogP contribution in [0.15, 0.2) is 88.7 Å². The monoisotopic (exact) mass is 693 g/mol. The normalized spacial score (nSPS) is 18.3. The second-order valence-corrected chi connectivity index (χ2v) is 12.5. The first-order chi connectivity index (χ1) is 24.2. The summed E-state index contributed by atoms with van der Waals surface area (Å²) in [5.41, 5.74) is -0.525. The number of nitrogens with zero attached hydrogens (tertiary/aromatic N) is 2. The number of nitrogens with one attached hydrogen (secondary N) is 3. The van der Waals surface area contributed by atoms with Crippen molar-refractivity contribution in [2.75, 3.05) is 39.8 Å². The summed E-state index contributed by atoms with van der Waals surface area (Å²) < 4.78 is 12.7. The zero-order valence-electron chi connectivity index (χ0n) is 30.5. The van der Waals surface area contributed by atoms with Crippen molar-refractivity contribution in [3.63, 3.8) is 0 Å². The molecule has 2 rings (SSSR count). The molecular formula is C39H59N5O6. The lowest BCUT2D eigenvalue weighted by molar-refractivity contribution is -0.121. The Morgan fingerprint density at radius 2 is 1.44 bits per heavy atom. The summed E-state index contributed by atoms with van der Waals surface area (Å²) in [5, 5.41) is 5.67. The number of hydrogen-bond donors (Lipinski definition) is 3. The number of carbonyl (C=O) groups excluding carboxylic acids is 2. The van der Waals surface area contributed by atoms with E-state index in [0.717, 1.165) is 38.5 Å². The number of aromatic nitrogens is 2. The highest BCUT2D eigenvalue weighted by Crippen LogP contribution is 2.32. The van der Waals surface area contributed by atoms with Crippen LogP contribution in [0.5, 0.6) is 0 Å². The van der Waals surface area contributed by atoms with Gasteiger partial charge in [0.2, 0.25) is 5.91 Å². The first-order valence-corrected chi connectivity index (χ1v) is 17.9. The number of amides is 2. The van der Waals surface area contributed by atoms with Gasteiger partial charge in [-0.05, 0) is 71.3 Å². The SMILES string of the molecule is CCC=CCC=CCC=CCC=CCC=CCC=CCCC(=O)NCCN(C)CCNC(=O)OCC1OC(n2cc(C)c(=O)[nH]c2=O)CC1C. The Kier molecular flexibility index (Phi) is 21.6. The maximum Gasteiger partial charge on any atom is 0.407 e. The zero-order valence-corrected chi connectivity index (χ0v) is 30.5. The third-order valence-corrected chi connectivity index (χ3v) is 8.09. The number of aromatic amines is 1. The second-order valence-electron chi connectivity index (χ2n) is 12.5. The van der Waals surface area contributed by atoms with Gasteiger partial charge in [-0.15, -0.1) is 0 Å². The summed E-state index contributed by atoms with van der Waals surface area (Å²) >= 11 is 0. The molecule has 1 aliphatic rings. The molecule has 1 aliphatic heterocycles. The van der Waals surface area contributed by atoms with Crippen LogP contribution in [0.1, 0.15) is 83.4 Å². The Balaban J connectivity index is 1.45. The minimum Gasteiger partial charge on any atom is -0.447 e. The quantitative estimate of drug-likeness (QED) is 0.119. The number of alkyl carbamates (subject to hydrolysis) is 1. The summed E-state index contributed by atoms with van der Waals surface area (Å²) in [5.74, 6) is 0.0738. The van der Waals surface area contributed by atoms with Crippen molar-refractivity contribution in [2.24, 2.45) is 5.92 Å². The van der Waals surface area contributed by atoms with Crippen LogP contribution in [0.2, 0.25) is 0 Å². The van der Waals surface area contributed by atoms with E-state index in [0.29, 0.717) is 51.0 Å². The van der Waals surface area contributed by atoms with Gasteiger partial charge in [0.15, 0.2) is 0 Å². The molecule has 2 amide bonds. The second kappa shape index (κ2) is 25.7. The molecular weight excluding hydrogens is 634 g/mol. The Hall–Kier alpha value is -4.22. The molecule has 1 aromatic rings. The van der Waals surface area contributed by atoms with Crippen LogP contribution in [0.3, 0.4) is 0 Å². The average Bonchev–Trinajstić information content (AvgIpc) is 3.46. The fourth-order valence-corrected chi connectivity index (χ4v) is 5.04. The molecule has 50 heavy (non-hydrogen) atoms. The molecule has 0 spiro atoms. The van der Waals surface area contributed by atoms with Gasteiger partial charge < -0.3 is 25.0 Å². The van der Waals surface area contributed by atoms with E-state index in [1.165, 1.54) is 10.8 Å². The molecule has 1 fully saturated rings. The highest BCUT2D eigenvalue weighted by molar-refractivity contribution is 5.75. The molecule has 0 saturated carbocycles. The third-order valence-electron chi connectivity index (χ3n) is 8.09. The highest BCUT2D eigenvalue weighted by atomic mass is 16.6. The molecule has 11 nitrogen and oxygen atoms in total. The molecule has 0 bridgehead atoms. The largest absolute Gasteiger partial charge is 0.447 e. The van der Waals surface area contributed by atoms with Crippen molar-refractivity contribution < 1.29 is 19.1 Å². The lowest BCUT2D eigenvalue weighted by atomic mass is 10.0. The zero-order chi connectivity index (χ0) is 36.4. The van der Waals surface area contributed by atoms with Gasteiger partial charge in [0.25, 0.3) is 5.56 Å². The standard InChI is InChI=1S/C39H59N5O6/c1-5-6-7-8-9-10-11-12-13-14-15-16-17-18-19-20-21-22-23-24-35(45)40-25-27-43(4)28-26-41-39(48)49-31-34-32(2)29-36(50-34)44-30-33(3)37(46)42-38(44)47/h6-7,9-10,12-13,15-16,18-19,21-22,30,32,34,36H,5,8,11,14,17,20,23-29,31H2,1-4H3,(H,40,45)(H,41,48)(H,42,46,47). The number of H-pyrrole nitrogens is 1. The van der Waals surface area contributed by atoms with E-state index in [-0.39, 0.29) is 24.5 Å². The van der Waals surface area contributed by atoms with Gasteiger partial charge in [-0.3, -0.25) is 19.1 Å². The fraction of sp³-hybridized carbons (Fsp3) is 0.538. The first kappa shape index (κ1) is 41.9. The van der Waals surface area contributed by atoms with Crippen molar-refractivity contribution in [2.45, 2.75) is 90.9 Å². The van der Waals surface area contributed by atoms with Gasteiger partial charge in [-0.2, -0.15) is 0 Å². The Morgan fingerprint density at radius 1 is 0.900 bits per heavy atom. The predicted molar refractivity (Wildman–Crippen MR) is 201 cm³/mol. The van der Waals surface area contributed by atoms with Crippen LogP contribution < -0.4 is 21.9 Å². The number of ether oxygens (including phenoxy) is 2. The highest BCUT2D eigenvalue weighted by Gasteiger charge is 2.34. The van der Waals surface area contributed by atoms with Crippen LogP contribution >= 0.6 is 0 Å². The van der Waals surface area contributed by atoms with Crippen molar-refractivity contribution in [1.29, 1.82) is 0 Å². The Morgan fingerprint density at radius 3 is 2.02 bits per heavy atom. The number of aryl methyl sites for hydroxylation is 1. The van der Waals surface area contributed by atoms with E-state index in [1.807, 2.05) is 24.9 Å². The maximum atomic E-state index is 12.2. The van der Waals surface area contributed by atoms with Crippen LogP contribution in [-0.2, 0) is 14.3 Å². The maximum absolute atomic E-state index is 12.2. The van der Waals surface area contributed by atoms with Crippen LogP contribution in [-0.4, -0.2) is 72.4 Å². The van der Waals surface area contributed by atoms with Crippen LogP contribution in [0, 0.1) is 12.8 Å². The summed E-state index contributed by atoms with van der Waals surface area (Å²) in [6.07, 6.45) is 33.6. The van der Waals surface area contributed by atoms with E-state index in [9.17, 15) is 19.2 Å². The Labute approximate surface area is 297 Å². The summed E-state index contributed by atoms with van der Waals surface area (Å²) in [7, 11) is 1.92. The molecule has 1 saturated heterocycles. The molecule has 3 unspecified atom stereocenters. The Bertz CT molecular complexity index is 1440. The summed E-state index contributed by atoms with van der Waals surface area (Å²) in [6, 6.07) is 0. The minimum absolute atomic E-state index is 0.0193. The van der Waals surface area contributed by atoms with E-state index >= 15 is 0 Å². The fourth-order valence-electron chi connectivity index (χ4n) is 5.04. The average molecular weight is 694 g/mol. The molecule has 3 atom stereocenters. The number of rotatable bonds is 23. The summed E-state index contributed by atoms with van der Waals surface area (Å²) in [6.45, 7) is 7.96. The lowest BCUT2D eigenvalue weighted by Gasteiger charge is -2.18. The van der Waals surface area contributed by atoms with Gasteiger partial charge in [0.05, 0.1) is 6.10 Å². The van der Waals surface area contributed by atoms with Crippen molar-refractivity contribution in [3.8, 4) is 0 Å². The van der Waals surface area contributed by atoms with Crippen LogP contribution in [0.4, 0.5) is 4.79 Å².